The molecule has 0 amide bonds. The molecule has 2 aromatic carbocycles. The van der Waals surface area contributed by atoms with Crippen molar-refractivity contribution in [2.75, 3.05) is 26.2 Å². The highest BCUT2D eigenvalue weighted by molar-refractivity contribution is 5.80. The number of piperazine rings is 1. The van der Waals surface area contributed by atoms with Gasteiger partial charge in [0, 0.05) is 39.8 Å². The second kappa shape index (κ2) is 8.27. The normalized spacial score (nSPS) is 16.1. The van der Waals surface area contributed by atoms with Crippen molar-refractivity contribution in [3.63, 3.8) is 0 Å². The first-order chi connectivity index (χ1) is 15.8. The highest BCUT2D eigenvalue weighted by atomic mass is 19.4. The van der Waals surface area contributed by atoms with Crippen LogP contribution in [-0.2, 0) is 26.3 Å². The van der Waals surface area contributed by atoms with Crippen molar-refractivity contribution in [1.29, 1.82) is 0 Å². The maximum atomic E-state index is 13.0. The van der Waals surface area contributed by atoms with Gasteiger partial charge in [0.2, 0.25) is 5.78 Å². The highest BCUT2D eigenvalue weighted by Crippen LogP contribution is 2.29. The Morgan fingerprint density at radius 2 is 1.61 bits per heavy atom. The van der Waals surface area contributed by atoms with Crippen LogP contribution in [0.3, 0.4) is 0 Å². The van der Waals surface area contributed by atoms with Gasteiger partial charge in [-0.25, -0.2) is 0 Å². The van der Waals surface area contributed by atoms with E-state index in [4.69, 9.17) is 0 Å². The molecule has 0 saturated carbocycles. The summed E-state index contributed by atoms with van der Waals surface area (Å²) < 4.78 is 42.4. The standard InChI is InChI=1S/C23H23F3N6O/c1-29-21(33)18-7-2-3-8-19(18)32-20(27-28-22(29)32)15-31-11-9-30(10-12-31)14-16-5-4-6-17(13-16)23(24,25)26/h2-8,13H,9-12,14-15H2,1H3. The lowest BCUT2D eigenvalue weighted by Crippen LogP contribution is -2.45. The molecule has 1 fully saturated rings. The minimum absolute atomic E-state index is 0.111. The minimum atomic E-state index is -4.33. The van der Waals surface area contributed by atoms with Crippen LogP contribution in [0.4, 0.5) is 13.2 Å². The van der Waals surface area contributed by atoms with Crippen molar-refractivity contribution in [3.8, 4) is 0 Å². The first kappa shape index (κ1) is 21.6. The predicted molar refractivity (Wildman–Crippen MR) is 118 cm³/mol. The van der Waals surface area contributed by atoms with E-state index in [2.05, 4.69) is 20.0 Å². The molecule has 0 atom stereocenters. The predicted octanol–water partition coefficient (Wildman–Crippen LogP) is 2.92. The summed E-state index contributed by atoms with van der Waals surface area (Å²) in [5.41, 5.74) is 0.715. The Morgan fingerprint density at radius 3 is 2.33 bits per heavy atom. The van der Waals surface area contributed by atoms with E-state index in [0.29, 0.717) is 29.8 Å². The van der Waals surface area contributed by atoms with Crippen LogP contribution in [0.2, 0.25) is 0 Å². The van der Waals surface area contributed by atoms with Crippen molar-refractivity contribution >= 4 is 16.7 Å². The second-order valence-electron chi connectivity index (χ2n) is 8.38. The molecule has 0 unspecified atom stereocenters. The fraction of sp³-hybridized carbons (Fsp3) is 0.348. The third-order valence-electron chi connectivity index (χ3n) is 6.18. The molecule has 7 nitrogen and oxygen atoms in total. The summed E-state index contributed by atoms with van der Waals surface area (Å²) in [6, 6.07) is 12.9. The lowest BCUT2D eigenvalue weighted by molar-refractivity contribution is -0.137. The first-order valence-corrected chi connectivity index (χ1v) is 10.7. The van der Waals surface area contributed by atoms with Crippen LogP contribution in [0.1, 0.15) is 17.0 Å². The zero-order chi connectivity index (χ0) is 23.2. The van der Waals surface area contributed by atoms with Crippen molar-refractivity contribution in [2.45, 2.75) is 19.3 Å². The van der Waals surface area contributed by atoms with Crippen LogP contribution in [0.5, 0.6) is 0 Å². The Balaban J connectivity index is 1.30. The molecule has 0 radical (unpaired) electrons. The fourth-order valence-corrected chi connectivity index (χ4v) is 4.40. The molecule has 0 bridgehead atoms. The van der Waals surface area contributed by atoms with Gasteiger partial charge >= 0.3 is 6.18 Å². The van der Waals surface area contributed by atoms with Crippen LogP contribution in [0, 0.1) is 0 Å². The molecule has 3 heterocycles. The SMILES string of the molecule is Cn1c(=O)c2ccccc2n2c(CN3CCN(Cc4cccc(C(F)(F)F)c4)CC3)nnc12. The number of benzene rings is 2. The summed E-state index contributed by atoms with van der Waals surface area (Å²) in [6.07, 6.45) is -4.33. The Labute approximate surface area is 187 Å². The van der Waals surface area contributed by atoms with Crippen LogP contribution in [0.15, 0.2) is 53.3 Å². The third-order valence-corrected chi connectivity index (χ3v) is 6.18. The molecular formula is C23H23F3N6O. The largest absolute Gasteiger partial charge is 0.416 e. The summed E-state index contributed by atoms with van der Waals surface area (Å²) in [5, 5.41) is 9.20. The summed E-state index contributed by atoms with van der Waals surface area (Å²) in [5.74, 6) is 1.25. The number of aromatic nitrogens is 4. The molecule has 1 aliphatic heterocycles. The summed E-state index contributed by atoms with van der Waals surface area (Å²) in [4.78, 5) is 17.0. The van der Waals surface area contributed by atoms with Crippen molar-refractivity contribution in [2.24, 2.45) is 7.05 Å². The molecule has 4 aromatic rings. The molecule has 0 N–H and O–H groups in total. The highest BCUT2D eigenvalue weighted by Gasteiger charge is 2.30. The molecule has 1 saturated heterocycles. The van der Waals surface area contributed by atoms with Gasteiger partial charge in [-0.05, 0) is 23.8 Å². The quantitative estimate of drug-likeness (QED) is 0.473. The fourth-order valence-electron chi connectivity index (χ4n) is 4.40. The molecular weight excluding hydrogens is 433 g/mol. The Morgan fingerprint density at radius 1 is 0.909 bits per heavy atom. The van der Waals surface area contributed by atoms with Gasteiger partial charge in [-0.1, -0.05) is 30.3 Å². The minimum Gasteiger partial charge on any atom is -0.297 e. The smallest absolute Gasteiger partial charge is 0.297 e. The van der Waals surface area contributed by atoms with Crippen LogP contribution in [-0.4, -0.2) is 55.1 Å². The van der Waals surface area contributed by atoms with E-state index < -0.39 is 11.7 Å². The summed E-state index contributed by atoms with van der Waals surface area (Å²) in [6.45, 7) is 4.06. The Hall–Kier alpha value is -3.24. The maximum absolute atomic E-state index is 13.0. The van der Waals surface area contributed by atoms with Crippen LogP contribution in [0.25, 0.3) is 16.7 Å². The van der Waals surface area contributed by atoms with Gasteiger partial charge in [-0.2, -0.15) is 13.2 Å². The van der Waals surface area contributed by atoms with Crippen LogP contribution < -0.4 is 5.56 Å². The maximum Gasteiger partial charge on any atom is 0.416 e. The van der Waals surface area contributed by atoms with E-state index in [1.807, 2.05) is 22.6 Å². The summed E-state index contributed by atoms with van der Waals surface area (Å²) in [7, 11) is 1.69. The molecule has 2 aromatic heterocycles. The number of hydrogen-bond acceptors (Lipinski definition) is 5. The zero-order valence-electron chi connectivity index (χ0n) is 18.1. The number of nitrogens with zero attached hydrogens (tertiary/aromatic N) is 6. The molecule has 33 heavy (non-hydrogen) atoms. The van der Waals surface area contributed by atoms with Crippen molar-refractivity contribution in [1.82, 2.24) is 29.0 Å². The molecule has 0 spiro atoms. The summed E-state index contributed by atoms with van der Waals surface area (Å²) >= 11 is 0. The number of aryl methyl sites for hydroxylation is 1. The van der Waals surface area contributed by atoms with Gasteiger partial charge in [-0.3, -0.25) is 23.6 Å². The van der Waals surface area contributed by atoms with Crippen molar-refractivity contribution < 1.29 is 13.2 Å². The third kappa shape index (κ3) is 4.11. The number of para-hydroxylation sites is 1. The number of alkyl halides is 3. The van der Waals surface area contributed by atoms with Gasteiger partial charge in [0.25, 0.3) is 5.56 Å². The van der Waals surface area contributed by atoms with Gasteiger partial charge in [0.05, 0.1) is 23.0 Å². The number of fused-ring (bicyclic) bond motifs is 3. The van der Waals surface area contributed by atoms with Crippen LogP contribution >= 0.6 is 0 Å². The molecule has 0 aliphatic carbocycles. The average Bonchev–Trinajstić information content (AvgIpc) is 3.22. The number of hydrogen-bond donors (Lipinski definition) is 0. The lowest BCUT2D eigenvalue weighted by Gasteiger charge is -2.34. The monoisotopic (exact) mass is 456 g/mol. The van der Waals surface area contributed by atoms with Gasteiger partial charge in [0.1, 0.15) is 0 Å². The molecule has 5 rings (SSSR count). The van der Waals surface area contributed by atoms with E-state index in [1.54, 1.807) is 19.2 Å². The van der Waals surface area contributed by atoms with E-state index in [9.17, 15) is 18.0 Å². The van der Waals surface area contributed by atoms with E-state index >= 15 is 0 Å². The van der Waals surface area contributed by atoms with Gasteiger partial charge in [0.15, 0.2) is 5.82 Å². The van der Waals surface area contributed by atoms with E-state index in [-0.39, 0.29) is 5.56 Å². The Bertz CT molecular complexity index is 1370. The molecule has 172 valence electrons. The van der Waals surface area contributed by atoms with Gasteiger partial charge in [-0.15, -0.1) is 10.2 Å². The lowest BCUT2D eigenvalue weighted by atomic mass is 10.1. The first-order valence-electron chi connectivity index (χ1n) is 10.7. The Kier molecular flexibility index (Phi) is 5.41. The number of rotatable bonds is 4. The number of halogens is 3. The zero-order valence-corrected chi connectivity index (χ0v) is 18.1. The molecule has 10 heteroatoms. The van der Waals surface area contributed by atoms with Gasteiger partial charge < -0.3 is 0 Å². The topological polar surface area (TPSA) is 58.7 Å². The van der Waals surface area contributed by atoms with E-state index in [0.717, 1.165) is 43.6 Å². The van der Waals surface area contributed by atoms with E-state index in [1.165, 1.54) is 16.7 Å². The van der Waals surface area contributed by atoms with Crippen molar-refractivity contribution in [3.05, 3.63) is 75.8 Å². The second-order valence-corrected chi connectivity index (χ2v) is 8.38. The average molecular weight is 456 g/mol. The molecule has 1 aliphatic rings.